The largest absolute Gasteiger partial charge is 0.496 e. The molecule has 0 amide bonds. The Hall–Kier alpha value is -2.98. The summed E-state index contributed by atoms with van der Waals surface area (Å²) in [5.74, 6) is -2.08. The molecule has 4 N–H and O–H groups in total. The zero-order valence-electron chi connectivity index (χ0n) is 24.4. The molecule has 0 aromatic heterocycles. The number of aliphatic hydroxyl groups excluding tert-OH is 2. The molecule has 5 aliphatic rings. The van der Waals surface area contributed by atoms with E-state index in [1.54, 1.807) is 19.1 Å². The molecule has 16 heteroatoms. The zero-order valence-corrected chi connectivity index (χ0v) is 25.3. The van der Waals surface area contributed by atoms with E-state index in [4.69, 9.17) is 42.6 Å². The lowest BCUT2D eigenvalue weighted by molar-refractivity contribution is -0.364. The summed E-state index contributed by atoms with van der Waals surface area (Å²) in [7, 11) is -2.27. The van der Waals surface area contributed by atoms with E-state index in [0.717, 1.165) is 0 Å². The molecule has 0 bridgehead atoms. The number of cyclic esters (lactones) is 1. The van der Waals surface area contributed by atoms with Crippen LogP contribution in [-0.4, -0.2) is 97.2 Å². The van der Waals surface area contributed by atoms with Crippen LogP contribution in [0.15, 0.2) is 24.3 Å². The summed E-state index contributed by atoms with van der Waals surface area (Å²) in [5.41, 5.74) is 1.63. The first-order valence-corrected chi connectivity index (χ1v) is 16.0. The van der Waals surface area contributed by atoms with Crippen molar-refractivity contribution in [2.45, 2.75) is 55.9 Å². The Morgan fingerprint density at radius 2 is 1.56 bits per heavy atom. The first-order chi connectivity index (χ1) is 21.5. The highest BCUT2D eigenvalue weighted by atomic mass is 31.2. The van der Waals surface area contributed by atoms with Crippen molar-refractivity contribution in [1.82, 2.24) is 0 Å². The molecule has 2 aromatic rings. The van der Waals surface area contributed by atoms with Gasteiger partial charge in [0.2, 0.25) is 6.79 Å². The van der Waals surface area contributed by atoms with E-state index >= 15 is 0 Å². The van der Waals surface area contributed by atoms with Crippen molar-refractivity contribution in [2.24, 2.45) is 11.8 Å². The fraction of sp³-hybridized carbons (Fsp3) is 0.552. The van der Waals surface area contributed by atoms with Gasteiger partial charge >= 0.3 is 13.6 Å². The van der Waals surface area contributed by atoms with Crippen LogP contribution in [0.2, 0.25) is 0 Å². The predicted molar refractivity (Wildman–Crippen MR) is 148 cm³/mol. The molecule has 5 unspecified atom stereocenters. The van der Waals surface area contributed by atoms with E-state index in [9.17, 15) is 29.4 Å². The van der Waals surface area contributed by atoms with Crippen molar-refractivity contribution in [3.8, 4) is 23.0 Å². The van der Waals surface area contributed by atoms with Gasteiger partial charge in [-0.05, 0) is 47.9 Å². The smallest absolute Gasteiger partial charge is 0.363 e. The number of benzene rings is 2. The van der Waals surface area contributed by atoms with Crippen LogP contribution in [-0.2, 0) is 33.0 Å². The monoisotopic (exact) mass is 652 g/mol. The summed E-state index contributed by atoms with van der Waals surface area (Å²) >= 11 is 0. The Kier molecular flexibility index (Phi) is 7.75. The molecule has 0 radical (unpaired) electrons. The Morgan fingerprint density at radius 3 is 2.20 bits per heavy atom. The van der Waals surface area contributed by atoms with Crippen LogP contribution in [0.5, 0.6) is 23.0 Å². The molecule has 7 rings (SSSR count). The minimum absolute atomic E-state index is 0.0277. The van der Waals surface area contributed by atoms with Gasteiger partial charge < -0.3 is 62.6 Å². The van der Waals surface area contributed by atoms with Gasteiger partial charge in [-0.25, -0.2) is 0 Å². The maximum Gasteiger partial charge on any atom is 0.363 e. The fourth-order valence-corrected chi connectivity index (χ4v) is 7.91. The molecule has 244 valence electrons. The van der Waals surface area contributed by atoms with Crippen molar-refractivity contribution in [1.29, 1.82) is 0 Å². The number of methoxy groups -OCH3 is 2. The molecule has 0 saturated carbocycles. The second-order valence-corrected chi connectivity index (χ2v) is 13.1. The molecular formula is C29H33O15P. The Bertz CT molecular complexity index is 1510. The lowest BCUT2D eigenvalue weighted by atomic mass is 9.66. The number of ether oxygens (including phenoxy) is 9. The summed E-state index contributed by atoms with van der Waals surface area (Å²) in [6.07, 6.45) is -7.16. The van der Waals surface area contributed by atoms with Crippen LogP contribution in [0.3, 0.4) is 0 Å². The number of carbonyl (C=O) groups excluding carboxylic acids is 1. The normalized spacial score (nSPS) is 35.2. The highest BCUT2D eigenvalue weighted by Gasteiger charge is 2.56. The predicted octanol–water partition coefficient (Wildman–Crippen LogP) is 0.436. The third-order valence-electron chi connectivity index (χ3n) is 9.04. The molecule has 4 heterocycles. The van der Waals surface area contributed by atoms with E-state index in [2.05, 4.69) is 0 Å². The van der Waals surface area contributed by atoms with Gasteiger partial charge in [-0.1, -0.05) is 0 Å². The van der Waals surface area contributed by atoms with Crippen molar-refractivity contribution in [2.75, 3.05) is 34.2 Å². The van der Waals surface area contributed by atoms with E-state index in [-0.39, 0.29) is 31.5 Å². The van der Waals surface area contributed by atoms with Gasteiger partial charge in [-0.2, -0.15) is 0 Å². The van der Waals surface area contributed by atoms with Crippen LogP contribution in [0.25, 0.3) is 0 Å². The number of rotatable bonds is 6. The van der Waals surface area contributed by atoms with Crippen molar-refractivity contribution in [3.63, 3.8) is 0 Å². The average Bonchev–Trinajstić information content (AvgIpc) is 3.63. The molecule has 3 saturated heterocycles. The molecule has 10 atom stereocenters. The summed E-state index contributed by atoms with van der Waals surface area (Å²) in [6.45, 7) is 1.73. The first-order valence-electron chi connectivity index (χ1n) is 14.4. The van der Waals surface area contributed by atoms with E-state index in [0.29, 0.717) is 28.2 Å². The Labute approximate surface area is 256 Å². The maximum atomic E-state index is 13.5. The second-order valence-electron chi connectivity index (χ2n) is 11.5. The van der Waals surface area contributed by atoms with Gasteiger partial charge in [-0.3, -0.25) is 9.36 Å². The SMILES string of the molecule is COc1cc([C@@H]2c3cc4c(cc3[C@@H](OC3O[C@@H]5COC(C)OC5C(O)C3O)[C@H]3COC(=O)[C@H]23)OCO4)cc(OC)c1P(=O)(O)O. The molecule has 1 aliphatic carbocycles. The van der Waals surface area contributed by atoms with Gasteiger partial charge in [0.1, 0.15) is 41.2 Å². The second kappa shape index (κ2) is 11.4. The highest BCUT2D eigenvalue weighted by Crippen LogP contribution is 2.57. The van der Waals surface area contributed by atoms with Crippen molar-refractivity contribution < 1.29 is 72.0 Å². The summed E-state index contributed by atoms with van der Waals surface area (Å²) in [4.78, 5) is 33.6. The summed E-state index contributed by atoms with van der Waals surface area (Å²) < 4.78 is 63.8. The molecular weight excluding hydrogens is 619 g/mol. The molecule has 3 fully saturated rings. The number of hydrogen-bond donors (Lipinski definition) is 4. The minimum Gasteiger partial charge on any atom is -0.496 e. The van der Waals surface area contributed by atoms with Crippen LogP contribution in [0, 0.1) is 11.8 Å². The number of fused-ring (bicyclic) bond motifs is 4. The van der Waals surface area contributed by atoms with Gasteiger partial charge in [0.15, 0.2) is 24.1 Å². The molecule has 2 aromatic carbocycles. The summed E-state index contributed by atoms with van der Waals surface area (Å²) in [5, 5.41) is 21.6. The van der Waals surface area contributed by atoms with Crippen LogP contribution < -0.4 is 24.3 Å². The third kappa shape index (κ3) is 5.07. The molecule has 45 heavy (non-hydrogen) atoms. The number of esters is 1. The van der Waals surface area contributed by atoms with E-state index < -0.39 is 79.7 Å². The lowest BCUT2D eigenvalue weighted by Gasteiger charge is -2.47. The molecule has 4 aliphatic heterocycles. The van der Waals surface area contributed by atoms with Crippen LogP contribution in [0.4, 0.5) is 0 Å². The van der Waals surface area contributed by atoms with Crippen molar-refractivity contribution >= 4 is 18.9 Å². The van der Waals surface area contributed by atoms with Gasteiger partial charge in [0.05, 0.1) is 39.5 Å². The topological polar surface area (TPSA) is 198 Å². The first kappa shape index (κ1) is 30.7. The van der Waals surface area contributed by atoms with Crippen molar-refractivity contribution in [3.05, 3.63) is 41.0 Å². The molecule has 15 nitrogen and oxygen atoms in total. The van der Waals surface area contributed by atoms with E-state index in [1.807, 2.05) is 0 Å². The average molecular weight is 653 g/mol. The maximum absolute atomic E-state index is 13.5. The van der Waals surface area contributed by atoms with Gasteiger partial charge in [-0.15, -0.1) is 0 Å². The minimum atomic E-state index is -4.83. The zero-order chi connectivity index (χ0) is 31.8. The number of carbonyl (C=O) groups is 1. The van der Waals surface area contributed by atoms with Gasteiger partial charge in [0.25, 0.3) is 0 Å². The third-order valence-corrected chi connectivity index (χ3v) is 10.1. The molecule has 0 spiro atoms. The summed E-state index contributed by atoms with van der Waals surface area (Å²) in [6, 6.07) is 6.39. The Balaban J connectivity index is 1.33. The van der Waals surface area contributed by atoms with E-state index in [1.165, 1.54) is 26.4 Å². The highest BCUT2D eigenvalue weighted by molar-refractivity contribution is 7.60. The Morgan fingerprint density at radius 1 is 0.889 bits per heavy atom. The lowest BCUT2D eigenvalue weighted by Crippen LogP contribution is -2.63. The number of hydrogen-bond acceptors (Lipinski definition) is 13. The van der Waals surface area contributed by atoms with Gasteiger partial charge in [0, 0.05) is 11.8 Å². The standard InChI is InChI=1S/C29H33O15P/c1-11-38-9-20-26(42-11)23(30)24(31)29(43-20)44-25-14-7-17-16(40-10-41-17)6-13(14)21(22-15(25)8-39-28(22)32)12-4-18(36-2)27(45(33,34)35)19(5-12)37-3/h4-7,11,15,20-26,29-31H,8-10H2,1-3H3,(H2,33,34,35)/t11?,15-,20+,21+,22-,23?,24?,25+,26?,29?/m0/s1. The quantitative estimate of drug-likeness (QED) is 0.247. The van der Waals surface area contributed by atoms with Crippen LogP contribution in [0.1, 0.15) is 35.6 Å². The number of aliphatic hydroxyl groups is 2. The fourth-order valence-electron chi connectivity index (χ4n) is 7.02. The van der Waals surface area contributed by atoms with Crippen LogP contribution >= 0.6 is 7.60 Å².